The number of hydrogen-bond donors (Lipinski definition) is 4. The second kappa shape index (κ2) is 11.5. The van der Waals surface area contributed by atoms with Crippen molar-refractivity contribution in [3.05, 3.63) is 24.3 Å². The molecule has 0 aromatic heterocycles. The van der Waals surface area contributed by atoms with Gasteiger partial charge in [0.15, 0.2) is 0 Å². The van der Waals surface area contributed by atoms with Gasteiger partial charge in [0.1, 0.15) is 0 Å². The molecule has 1 fully saturated rings. The monoisotopic (exact) mass is 362 g/mol. The molecule has 1 aliphatic heterocycles. The second-order valence-corrected chi connectivity index (χ2v) is 6.55. The number of benzene rings is 1. The van der Waals surface area contributed by atoms with E-state index in [0.29, 0.717) is 25.2 Å². The molecule has 2 rings (SSSR count). The average molecular weight is 362 g/mol. The number of carbonyl (C=O) groups excluding carboxylic acids is 2. The van der Waals surface area contributed by atoms with Crippen LogP contribution in [0.2, 0.25) is 0 Å². The first-order valence-corrected chi connectivity index (χ1v) is 9.44. The van der Waals surface area contributed by atoms with Crippen molar-refractivity contribution in [3.63, 3.8) is 0 Å². The Morgan fingerprint density at radius 1 is 1.04 bits per heavy atom. The van der Waals surface area contributed by atoms with Crippen molar-refractivity contribution >= 4 is 23.3 Å². The Hall–Kier alpha value is -2.12. The number of nitrogens with two attached hydrogens (primary N) is 1. The maximum absolute atomic E-state index is 11.9. The smallest absolute Gasteiger partial charge is 0.319 e. The summed E-state index contributed by atoms with van der Waals surface area (Å²) < 4.78 is 5.47. The fraction of sp³-hybridized carbons (Fsp3) is 0.579. The van der Waals surface area contributed by atoms with Gasteiger partial charge in [0.2, 0.25) is 5.91 Å². The predicted octanol–water partition coefficient (Wildman–Crippen LogP) is 2.83. The number of rotatable bonds is 10. The van der Waals surface area contributed by atoms with Crippen LogP contribution in [0.25, 0.3) is 0 Å². The van der Waals surface area contributed by atoms with Gasteiger partial charge in [0, 0.05) is 30.9 Å². The number of anilines is 2. The summed E-state index contributed by atoms with van der Waals surface area (Å²) in [6.45, 7) is 2.00. The van der Waals surface area contributed by atoms with Gasteiger partial charge in [-0.2, -0.15) is 0 Å². The standard InChI is InChI=1S/C19H30N4O3/c20-12-4-2-1-3-7-18(24)22-15-8-10-16(11-9-15)23-19(25)21-14-17-6-5-13-26-17/h8-11,17H,1-7,12-14,20H2,(H,22,24)(H2,21,23,25). The molecule has 1 unspecified atom stereocenters. The van der Waals surface area contributed by atoms with Crippen molar-refractivity contribution in [2.45, 2.75) is 51.0 Å². The summed E-state index contributed by atoms with van der Waals surface area (Å²) in [5, 5.41) is 8.44. The molecule has 1 aliphatic rings. The number of hydrogen-bond acceptors (Lipinski definition) is 4. The van der Waals surface area contributed by atoms with Gasteiger partial charge in [0.25, 0.3) is 0 Å². The quantitative estimate of drug-likeness (QED) is 0.480. The van der Waals surface area contributed by atoms with E-state index in [2.05, 4.69) is 16.0 Å². The van der Waals surface area contributed by atoms with Crippen molar-refractivity contribution in [2.24, 2.45) is 5.73 Å². The zero-order valence-electron chi connectivity index (χ0n) is 15.3. The van der Waals surface area contributed by atoms with Crippen LogP contribution in [0.1, 0.15) is 44.9 Å². The van der Waals surface area contributed by atoms with E-state index in [1.807, 2.05) is 0 Å². The minimum Gasteiger partial charge on any atom is -0.376 e. The minimum absolute atomic E-state index is 0.00719. The molecule has 1 aromatic rings. The van der Waals surface area contributed by atoms with Crippen LogP contribution >= 0.6 is 0 Å². The van der Waals surface area contributed by atoms with Crippen molar-refractivity contribution < 1.29 is 14.3 Å². The molecule has 0 bridgehead atoms. The number of ether oxygens (including phenoxy) is 1. The third-order valence-electron chi connectivity index (χ3n) is 4.30. The molecule has 5 N–H and O–H groups in total. The number of unbranched alkanes of at least 4 members (excludes halogenated alkanes) is 3. The summed E-state index contributed by atoms with van der Waals surface area (Å²) in [6.07, 6.45) is 6.64. The van der Waals surface area contributed by atoms with E-state index in [4.69, 9.17) is 10.5 Å². The highest BCUT2D eigenvalue weighted by molar-refractivity contribution is 5.92. The summed E-state index contributed by atoms with van der Waals surface area (Å²) in [7, 11) is 0. The summed E-state index contributed by atoms with van der Waals surface area (Å²) in [6, 6.07) is 6.84. The van der Waals surface area contributed by atoms with Gasteiger partial charge in [-0.05, 0) is 56.5 Å². The van der Waals surface area contributed by atoms with Gasteiger partial charge in [-0.3, -0.25) is 4.79 Å². The Morgan fingerprint density at radius 2 is 1.73 bits per heavy atom. The normalized spacial score (nSPS) is 16.3. The molecule has 144 valence electrons. The molecule has 0 aliphatic carbocycles. The van der Waals surface area contributed by atoms with Crippen LogP contribution in [-0.2, 0) is 9.53 Å². The zero-order chi connectivity index (χ0) is 18.6. The highest BCUT2D eigenvalue weighted by atomic mass is 16.5. The van der Waals surface area contributed by atoms with Crippen LogP contribution < -0.4 is 21.7 Å². The predicted molar refractivity (Wildman–Crippen MR) is 103 cm³/mol. The second-order valence-electron chi connectivity index (χ2n) is 6.55. The maximum Gasteiger partial charge on any atom is 0.319 e. The van der Waals surface area contributed by atoms with Crippen LogP contribution in [-0.4, -0.2) is 37.7 Å². The van der Waals surface area contributed by atoms with Crippen molar-refractivity contribution in [1.29, 1.82) is 0 Å². The van der Waals surface area contributed by atoms with Gasteiger partial charge in [0.05, 0.1) is 6.10 Å². The fourth-order valence-electron chi connectivity index (χ4n) is 2.83. The first-order chi connectivity index (χ1) is 12.7. The molecule has 0 radical (unpaired) electrons. The fourth-order valence-corrected chi connectivity index (χ4v) is 2.83. The van der Waals surface area contributed by atoms with E-state index in [1.165, 1.54) is 0 Å². The number of carbonyl (C=O) groups is 2. The van der Waals surface area contributed by atoms with E-state index < -0.39 is 0 Å². The molecule has 0 spiro atoms. The van der Waals surface area contributed by atoms with Crippen molar-refractivity contribution in [3.8, 4) is 0 Å². The Bertz CT molecular complexity index is 556. The average Bonchev–Trinajstić information content (AvgIpc) is 3.15. The van der Waals surface area contributed by atoms with Crippen LogP contribution in [0.3, 0.4) is 0 Å². The molecule has 1 saturated heterocycles. The van der Waals surface area contributed by atoms with Crippen LogP contribution in [0.4, 0.5) is 16.2 Å². The minimum atomic E-state index is -0.255. The van der Waals surface area contributed by atoms with Gasteiger partial charge in [-0.1, -0.05) is 12.8 Å². The highest BCUT2D eigenvalue weighted by Gasteiger charge is 2.16. The van der Waals surface area contributed by atoms with E-state index in [1.54, 1.807) is 24.3 Å². The molecule has 1 aromatic carbocycles. The summed E-state index contributed by atoms with van der Waals surface area (Å²) >= 11 is 0. The molecule has 26 heavy (non-hydrogen) atoms. The van der Waals surface area contributed by atoms with E-state index in [0.717, 1.165) is 50.8 Å². The molecule has 7 nitrogen and oxygen atoms in total. The first kappa shape index (κ1) is 20.2. The van der Waals surface area contributed by atoms with Gasteiger partial charge in [-0.15, -0.1) is 0 Å². The topological polar surface area (TPSA) is 105 Å². The van der Waals surface area contributed by atoms with Crippen molar-refractivity contribution in [2.75, 3.05) is 30.3 Å². The lowest BCUT2D eigenvalue weighted by atomic mass is 10.1. The molecular weight excluding hydrogens is 332 g/mol. The van der Waals surface area contributed by atoms with Crippen molar-refractivity contribution in [1.82, 2.24) is 5.32 Å². The van der Waals surface area contributed by atoms with Crippen LogP contribution in [0.5, 0.6) is 0 Å². The highest BCUT2D eigenvalue weighted by Crippen LogP contribution is 2.15. The summed E-state index contributed by atoms with van der Waals surface area (Å²) in [5.74, 6) is 0.00719. The molecular formula is C19H30N4O3. The molecule has 1 atom stereocenters. The lowest BCUT2D eigenvalue weighted by molar-refractivity contribution is -0.116. The molecule has 0 saturated carbocycles. The van der Waals surface area contributed by atoms with E-state index in [-0.39, 0.29) is 18.0 Å². The molecule has 7 heteroatoms. The molecule has 1 heterocycles. The third kappa shape index (κ3) is 7.84. The summed E-state index contributed by atoms with van der Waals surface area (Å²) in [5.41, 5.74) is 6.85. The van der Waals surface area contributed by atoms with Crippen LogP contribution in [0, 0.1) is 0 Å². The van der Waals surface area contributed by atoms with E-state index >= 15 is 0 Å². The first-order valence-electron chi connectivity index (χ1n) is 9.44. The number of amides is 3. The lowest BCUT2D eigenvalue weighted by Crippen LogP contribution is -2.35. The van der Waals surface area contributed by atoms with Gasteiger partial charge >= 0.3 is 6.03 Å². The third-order valence-corrected chi connectivity index (χ3v) is 4.30. The number of nitrogens with one attached hydrogen (secondary N) is 3. The van der Waals surface area contributed by atoms with Gasteiger partial charge in [-0.25, -0.2) is 4.79 Å². The Labute approximate surface area is 155 Å². The summed E-state index contributed by atoms with van der Waals surface area (Å²) in [4.78, 5) is 23.8. The number of urea groups is 1. The van der Waals surface area contributed by atoms with Gasteiger partial charge < -0.3 is 26.4 Å². The Balaban J connectivity index is 1.65. The van der Waals surface area contributed by atoms with E-state index in [9.17, 15) is 9.59 Å². The Morgan fingerprint density at radius 3 is 2.38 bits per heavy atom. The largest absolute Gasteiger partial charge is 0.376 e. The lowest BCUT2D eigenvalue weighted by Gasteiger charge is -2.12. The maximum atomic E-state index is 11.9. The SMILES string of the molecule is NCCCCCCC(=O)Nc1ccc(NC(=O)NCC2CCCO2)cc1. The van der Waals surface area contributed by atoms with Crippen LogP contribution in [0.15, 0.2) is 24.3 Å². The Kier molecular flexibility index (Phi) is 8.92. The molecule has 3 amide bonds. The zero-order valence-corrected chi connectivity index (χ0v) is 15.3.